The first-order chi connectivity index (χ1) is 15.2. The predicted molar refractivity (Wildman–Crippen MR) is 131 cm³/mol. The van der Waals surface area contributed by atoms with Crippen molar-refractivity contribution >= 4 is 0 Å². The third-order valence-corrected chi connectivity index (χ3v) is 10.3. The first-order valence-electron chi connectivity index (χ1n) is 13.7. The Bertz CT molecular complexity index is 689. The zero-order valence-corrected chi connectivity index (χ0v) is 20.9. The SMILES string of the molecule is CC1[C@H](O)CC(=C/C=C2\CCC[C@@]3(C)C2CCC3[C@@H](C)CCCC2(O)CCCC2)C[C@H]1O. The minimum absolute atomic E-state index is 0.0239. The van der Waals surface area contributed by atoms with Crippen molar-refractivity contribution in [3.8, 4) is 0 Å². The van der Waals surface area contributed by atoms with Gasteiger partial charge >= 0.3 is 0 Å². The molecule has 0 heterocycles. The van der Waals surface area contributed by atoms with Crippen LogP contribution in [0.2, 0.25) is 0 Å². The van der Waals surface area contributed by atoms with Gasteiger partial charge in [0, 0.05) is 5.92 Å². The van der Waals surface area contributed by atoms with Crippen LogP contribution in [0.5, 0.6) is 0 Å². The van der Waals surface area contributed by atoms with Crippen LogP contribution in [0, 0.1) is 29.1 Å². The zero-order valence-electron chi connectivity index (χ0n) is 20.9. The second kappa shape index (κ2) is 9.92. The second-order valence-corrected chi connectivity index (χ2v) is 12.4. The Morgan fingerprint density at radius 3 is 2.38 bits per heavy atom. The summed E-state index contributed by atoms with van der Waals surface area (Å²) in [6, 6.07) is 0. The van der Waals surface area contributed by atoms with E-state index in [0.29, 0.717) is 24.2 Å². The molecule has 4 rings (SSSR count). The molecule has 0 bridgehead atoms. The summed E-state index contributed by atoms with van der Waals surface area (Å²) in [5, 5.41) is 31.2. The molecule has 4 aliphatic rings. The van der Waals surface area contributed by atoms with Crippen molar-refractivity contribution in [3.05, 3.63) is 23.3 Å². The molecular formula is C29H48O3. The molecule has 2 unspecified atom stereocenters. The Morgan fingerprint density at radius 1 is 1.00 bits per heavy atom. The summed E-state index contributed by atoms with van der Waals surface area (Å²) >= 11 is 0. The Kier molecular flexibility index (Phi) is 7.59. The van der Waals surface area contributed by atoms with Gasteiger partial charge in [-0.25, -0.2) is 0 Å². The lowest BCUT2D eigenvalue weighted by Gasteiger charge is -2.44. The lowest BCUT2D eigenvalue weighted by Crippen LogP contribution is -2.36. The highest BCUT2D eigenvalue weighted by molar-refractivity contribution is 5.26. The topological polar surface area (TPSA) is 60.7 Å². The maximum atomic E-state index is 10.7. The van der Waals surface area contributed by atoms with Crippen molar-refractivity contribution in [2.24, 2.45) is 29.1 Å². The highest BCUT2D eigenvalue weighted by atomic mass is 16.3. The molecule has 182 valence electrons. The van der Waals surface area contributed by atoms with E-state index in [2.05, 4.69) is 26.0 Å². The third kappa shape index (κ3) is 5.05. The van der Waals surface area contributed by atoms with E-state index in [1.807, 2.05) is 6.92 Å². The standard InChI is InChI=1S/C29H48O3/c1-20(8-6-17-29(32)15-4-5-16-29)24-12-13-25-23(9-7-14-28(24,25)3)11-10-22-18-26(30)21(2)27(31)19-22/h10-11,20-21,24-27,30-32H,4-9,12-19H2,1-3H3/b22-10?,23-11+/t20-,21?,24?,25?,26+,27+,28+/m0/s1. The van der Waals surface area contributed by atoms with Crippen LogP contribution in [0.25, 0.3) is 0 Å². The molecular weight excluding hydrogens is 396 g/mol. The number of aliphatic hydroxyl groups is 3. The minimum Gasteiger partial charge on any atom is -0.392 e. The molecule has 6 atom stereocenters. The summed E-state index contributed by atoms with van der Waals surface area (Å²) in [6.45, 7) is 6.99. The molecule has 0 aliphatic heterocycles. The number of fused-ring (bicyclic) bond motifs is 1. The van der Waals surface area contributed by atoms with Crippen LogP contribution in [-0.2, 0) is 0 Å². The lowest BCUT2D eigenvalue weighted by molar-refractivity contribution is 0.00405. The van der Waals surface area contributed by atoms with Crippen LogP contribution >= 0.6 is 0 Å². The van der Waals surface area contributed by atoms with E-state index in [1.54, 1.807) is 5.57 Å². The molecule has 32 heavy (non-hydrogen) atoms. The van der Waals surface area contributed by atoms with Crippen molar-refractivity contribution in [3.63, 3.8) is 0 Å². The number of aliphatic hydroxyl groups excluding tert-OH is 2. The van der Waals surface area contributed by atoms with Crippen molar-refractivity contribution in [1.82, 2.24) is 0 Å². The fourth-order valence-corrected chi connectivity index (χ4v) is 8.06. The summed E-state index contributed by atoms with van der Waals surface area (Å²) in [6.07, 6.45) is 19.5. The van der Waals surface area contributed by atoms with Crippen LogP contribution < -0.4 is 0 Å². The Labute approximate surface area is 196 Å². The van der Waals surface area contributed by atoms with Gasteiger partial charge in [0.1, 0.15) is 0 Å². The van der Waals surface area contributed by atoms with Gasteiger partial charge in [-0.3, -0.25) is 0 Å². The third-order valence-electron chi connectivity index (χ3n) is 10.3. The van der Waals surface area contributed by atoms with E-state index in [4.69, 9.17) is 0 Å². The van der Waals surface area contributed by atoms with Gasteiger partial charge in [-0.05, 0) is 87.4 Å². The largest absolute Gasteiger partial charge is 0.392 e. The molecule has 4 saturated carbocycles. The Morgan fingerprint density at radius 2 is 1.69 bits per heavy atom. The van der Waals surface area contributed by atoms with Gasteiger partial charge in [0.25, 0.3) is 0 Å². The molecule has 3 nitrogen and oxygen atoms in total. The molecule has 0 amide bonds. The molecule has 0 spiro atoms. The van der Waals surface area contributed by atoms with Gasteiger partial charge in [0.15, 0.2) is 0 Å². The predicted octanol–water partition coefficient (Wildman–Crippen LogP) is 6.32. The van der Waals surface area contributed by atoms with Crippen LogP contribution in [-0.4, -0.2) is 33.1 Å². The monoisotopic (exact) mass is 444 g/mol. The smallest absolute Gasteiger partial charge is 0.0647 e. The average molecular weight is 445 g/mol. The van der Waals surface area contributed by atoms with E-state index in [-0.39, 0.29) is 11.5 Å². The number of hydrogen-bond donors (Lipinski definition) is 3. The summed E-state index contributed by atoms with van der Waals surface area (Å²) < 4.78 is 0. The van der Waals surface area contributed by atoms with Gasteiger partial charge in [-0.1, -0.05) is 69.8 Å². The fraction of sp³-hybridized carbons (Fsp3) is 0.862. The normalized spacial score (nSPS) is 41.6. The molecule has 0 aromatic heterocycles. The fourth-order valence-electron chi connectivity index (χ4n) is 8.06. The number of allylic oxidation sites excluding steroid dienone is 3. The van der Waals surface area contributed by atoms with E-state index >= 15 is 0 Å². The molecule has 0 radical (unpaired) electrons. The second-order valence-electron chi connectivity index (χ2n) is 12.4. The van der Waals surface area contributed by atoms with E-state index in [0.717, 1.165) is 31.1 Å². The molecule has 4 fully saturated rings. The lowest BCUT2D eigenvalue weighted by atomic mass is 9.60. The summed E-state index contributed by atoms with van der Waals surface area (Å²) in [7, 11) is 0. The maximum absolute atomic E-state index is 10.7. The Hall–Kier alpha value is -0.640. The molecule has 4 aliphatic carbocycles. The van der Waals surface area contributed by atoms with Gasteiger partial charge in [0.2, 0.25) is 0 Å². The van der Waals surface area contributed by atoms with Crippen molar-refractivity contribution in [2.45, 2.75) is 128 Å². The zero-order chi connectivity index (χ0) is 22.9. The van der Waals surface area contributed by atoms with Gasteiger partial charge in [0.05, 0.1) is 17.8 Å². The van der Waals surface area contributed by atoms with Gasteiger partial charge < -0.3 is 15.3 Å². The van der Waals surface area contributed by atoms with Crippen LogP contribution in [0.3, 0.4) is 0 Å². The molecule has 3 heteroatoms. The summed E-state index contributed by atoms with van der Waals surface area (Å²) in [5.41, 5.74) is 2.88. The van der Waals surface area contributed by atoms with Crippen molar-refractivity contribution in [2.75, 3.05) is 0 Å². The van der Waals surface area contributed by atoms with Crippen LogP contribution in [0.1, 0.15) is 111 Å². The quantitative estimate of drug-likeness (QED) is 0.449. The van der Waals surface area contributed by atoms with Crippen molar-refractivity contribution in [1.29, 1.82) is 0 Å². The molecule has 0 aromatic carbocycles. The van der Waals surface area contributed by atoms with E-state index in [9.17, 15) is 15.3 Å². The highest BCUT2D eigenvalue weighted by Gasteiger charge is 2.50. The first kappa shape index (κ1) is 24.5. The Balaban J connectivity index is 1.38. The summed E-state index contributed by atoms with van der Waals surface area (Å²) in [5.74, 6) is 2.19. The first-order valence-corrected chi connectivity index (χ1v) is 13.7. The molecule has 3 N–H and O–H groups in total. The van der Waals surface area contributed by atoms with Crippen LogP contribution in [0.15, 0.2) is 23.3 Å². The highest BCUT2D eigenvalue weighted by Crippen LogP contribution is 2.60. The van der Waals surface area contributed by atoms with Crippen molar-refractivity contribution < 1.29 is 15.3 Å². The van der Waals surface area contributed by atoms with Crippen LogP contribution in [0.4, 0.5) is 0 Å². The van der Waals surface area contributed by atoms with Gasteiger partial charge in [-0.15, -0.1) is 0 Å². The minimum atomic E-state index is -0.418. The number of rotatable bonds is 6. The van der Waals surface area contributed by atoms with Gasteiger partial charge in [-0.2, -0.15) is 0 Å². The number of hydrogen-bond acceptors (Lipinski definition) is 3. The van der Waals surface area contributed by atoms with E-state index < -0.39 is 12.2 Å². The van der Waals surface area contributed by atoms with E-state index in [1.165, 1.54) is 63.4 Å². The summed E-state index contributed by atoms with van der Waals surface area (Å²) in [4.78, 5) is 0. The maximum Gasteiger partial charge on any atom is 0.0647 e. The average Bonchev–Trinajstić information content (AvgIpc) is 3.33. The molecule has 0 saturated heterocycles. The molecule has 0 aromatic rings.